The van der Waals surface area contributed by atoms with Crippen LogP contribution in [-0.4, -0.2) is 36.7 Å². The maximum absolute atomic E-state index is 12.6. The van der Waals surface area contributed by atoms with Gasteiger partial charge in [0.2, 0.25) is 0 Å². The first kappa shape index (κ1) is 16.0. The summed E-state index contributed by atoms with van der Waals surface area (Å²) in [4.78, 5) is 12.6. The van der Waals surface area contributed by atoms with Gasteiger partial charge >= 0.3 is 5.97 Å². The van der Waals surface area contributed by atoms with Crippen LogP contribution >= 0.6 is 0 Å². The van der Waals surface area contributed by atoms with E-state index in [1.807, 2.05) is 39.0 Å². The van der Waals surface area contributed by atoms with Gasteiger partial charge in [-0.15, -0.1) is 0 Å². The molecule has 2 N–H and O–H groups in total. The van der Waals surface area contributed by atoms with Crippen molar-refractivity contribution in [1.82, 2.24) is 10.6 Å². The number of benzene rings is 1. The molecule has 1 aliphatic heterocycles. The van der Waals surface area contributed by atoms with Gasteiger partial charge in [0.1, 0.15) is 11.1 Å². The molecule has 0 bridgehead atoms. The van der Waals surface area contributed by atoms with E-state index in [0.29, 0.717) is 6.54 Å². The zero-order valence-corrected chi connectivity index (χ0v) is 13.2. The van der Waals surface area contributed by atoms with Gasteiger partial charge in [-0.05, 0) is 39.2 Å². The highest BCUT2D eigenvalue weighted by Crippen LogP contribution is 2.21. The van der Waals surface area contributed by atoms with Gasteiger partial charge in [0.15, 0.2) is 0 Å². The molecule has 0 amide bonds. The molecule has 0 saturated carbocycles. The third kappa shape index (κ3) is 4.55. The number of ether oxygens (including phenoxy) is 1. The minimum atomic E-state index is -0.624. The lowest BCUT2D eigenvalue weighted by atomic mass is 9.89. The summed E-state index contributed by atoms with van der Waals surface area (Å²) in [5.41, 5.74) is 0.157. The summed E-state index contributed by atoms with van der Waals surface area (Å²) in [5, 5.41) is 6.70. The fourth-order valence-corrected chi connectivity index (χ4v) is 2.56. The monoisotopic (exact) mass is 290 g/mol. The molecule has 1 fully saturated rings. The summed E-state index contributed by atoms with van der Waals surface area (Å²) in [6.45, 7) is 8.02. The van der Waals surface area contributed by atoms with Gasteiger partial charge in [-0.1, -0.05) is 30.3 Å². The number of esters is 1. The van der Waals surface area contributed by atoms with Gasteiger partial charge in [-0.3, -0.25) is 5.32 Å². The molecule has 1 saturated heterocycles. The lowest BCUT2D eigenvalue weighted by molar-refractivity contribution is -0.164. The van der Waals surface area contributed by atoms with Crippen LogP contribution < -0.4 is 10.6 Å². The highest BCUT2D eigenvalue weighted by Gasteiger charge is 2.42. The van der Waals surface area contributed by atoms with E-state index < -0.39 is 11.1 Å². The molecule has 21 heavy (non-hydrogen) atoms. The minimum Gasteiger partial charge on any atom is -0.459 e. The Morgan fingerprint density at radius 3 is 2.52 bits per heavy atom. The number of piperazine rings is 1. The van der Waals surface area contributed by atoms with Crippen LogP contribution in [0.15, 0.2) is 30.3 Å². The van der Waals surface area contributed by atoms with E-state index >= 15 is 0 Å². The molecule has 1 heterocycles. The maximum Gasteiger partial charge on any atom is 0.328 e. The molecular formula is C17H26N2O2. The number of carbonyl (C=O) groups excluding carboxylic acids is 1. The average Bonchev–Trinajstić information content (AvgIpc) is 2.45. The molecule has 4 nitrogen and oxygen atoms in total. The number of aryl methyl sites for hydroxylation is 1. The Hall–Kier alpha value is -1.39. The minimum absolute atomic E-state index is 0.155. The van der Waals surface area contributed by atoms with Crippen molar-refractivity contribution >= 4 is 5.97 Å². The number of hydrogen-bond donors (Lipinski definition) is 2. The van der Waals surface area contributed by atoms with Gasteiger partial charge in [0.25, 0.3) is 0 Å². The quantitative estimate of drug-likeness (QED) is 0.832. The van der Waals surface area contributed by atoms with E-state index in [1.165, 1.54) is 5.56 Å². The van der Waals surface area contributed by atoms with Crippen molar-refractivity contribution < 1.29 is 9.53 Å². The lowest BCUT2D eigenvalue weighted by Gasteiger charge is -2.38. The predicted molar refractivity (Wildman–Crippen MR) is 84.2 cm³/mol. The largest absolute Gasteiger partial charge is 0.459 e. The topological polar surface area (TPSA) is 50.4 Å². The summed E-state index contributed by atoms with van der Waals surface area (Å²) in [7, 11) is 0. The highest BCUT2D eigenvalue weighted by atomic mass is 16.6. The van der Waals surface area contributed by atoms with Crippen molar-refractivity contribution in [2.24, 2.45) is 0 Å². The number of hydrogen-bond acceptors (Lipinski definition) is 4. The van der Waals surface area contributed by atoms with Gasteiger partial charge in [-0.2, -0.15) is 0 Å². The van der Waals surface area contributed by atoms with Crippen LogP contribution in [0.5, 0.6) is 0 Å². The number of carbonyl (C=O) groups is 1. The third-order valence-corrected chi connectivity index (χ3v) is 3.66. The second-order valence-corrected chi connectivity index (χ2v) is 6.67. The van der Waals surface area contributed by atoms with Crippen molar-refractivity contribution in [1.29, 1.82) is 0 Å². The van der Waals surface area contributed by atoms with Crippen molar-refractivity contribution in [3.05, 3.63) is 35.9 Å². The number of rotatable bonds is 4. The van der Waals surface area contributed by atoms with E-state index in [9.17, 15) is 4.79 Å². The van der Waals surface area contributed by atoms with Crippen molar-refractivity contribution in [3.8, 4) is 0 Å². The molecule has 1 aromatic carbocycles. The summed E-state index contributed by atoms with van der Waals surface area (Å²) >= 11 is 0. The molecule has 0 aliphatic carbocycles. The second-order valence-electron chi connectivity index (χ2n) is 6.67. The van der Waals surface area contributed by atoms with Gasteiger partial charge in [0.05, 0.1) is 0 Å². The van der Waals surface area contributed by atoms with Crippen LogP contribution in [0.25, 0.3) is 0 Å². The SMILES string of the molecule is CC(C)(C)OC(=O)C1(CCc2ccccc2)CNCCN1. The first-order chi connectivity index (χ1) is 9.91. The smallest absolute Gasteiger partial charge is 0.328 e. The Bertz CT molecular complexity index is 459. The molecule has 1 aliphatic rings. The van der Waals surface area contributed by atoms with Crippen LogP contribution in [0.4, 0.5) is 0 Å². The van der Waals surface area contributed by atoms with E-state index in [1.54, 1.807) is 0 Å². The molecule has 2 rings (SSSR count). The van der Waals surface area contributed by atoms with Gasteiger partial charge < -0.3 is 10.1 Å². The molecular weight excluding hydrogens is 264 g/mol. The lowest BCUT2D eigenvalue weighted by Crippen LogP contribution is -2.65. The first-order valence-corrected chi connectivity index (χ1v) is 7.64. The fourth-order valence-electron chi connectivity index (χ4n) is 2.56. The van der Waals surface area contributed by atoms with E-state index in [0.717, 1.165) is 25.9 Å². The second kappa shape index (κ2) is 6.58. The first-order valence-electron chi connectivity index (χ1n) is 7.64. The Labute approximate surface area is 127 Å². The van der Waals surface area contributed by atoms with Crippen LogP contribution in [-0.2, 0) is 16.0 Å². The van der Waals surface area contributed by atoms with Crippen LogP contribution in [0.2, 0.25) is 0 Å². The number of nitrogens with one attached hydrogen (secondary N) is 2. The third-order valence-electron chi connectivity index (χ3n) is 3.66. The van der Waals surface area contributed by atoms with E-state index in [2.05, 4.69) is 22.8 Å². The van der Waals surface area contributed by atoms with Crippen molar-refractivity contribution in [3.63, 3.8) is 0 Å². The molecule has 0 radical (unpaired) electrons. The van der Waals surface area contributed by atoms with Gasteiger partial charge in [-0.25, -0.2) is 4.79 Å². The van der Waals surface area contributed by atoms with Crippen LogP contribution in [0.3, 0.4) is 0 Å². The Kier molecular flexibility index (Phi) is 5.01. The Balaban J connectivity index is 2.07. The molecule has 4 heteroatoms. The molecule has 1 atom stereocenters. The van der Waals surface area contributed by atoms with Crippen molar-refractivity contribution in [2.75, 3.05) is 19.6 Å². The predicted octanol–water partition coefficient (Wildman–Crippen LogP) is 1.89. The average molecular weight is 290 g/mol. The molecule has 0 aromatic heterocycles. The molecule has 0 spiro atoms. The van der Waals surface area contributed by atoms with Crippen molar-refractivity contribution in [2.45, 2.75) is 44.8 Å². The fraction of sp³-hybridized carbons (Fsp3) is 0.588. The maximum atomic E-state index is 12.6. The zero-order valence-electron chi connectivity index (χ0n) is 13.2. The highest BCUT2D eigenvalue weighted by molar-refractivity contribution is 5.82. The summed E-state index contributed by atoms with van der Waals surface area (Å²) < 4.78 is 5.63. The summed E-state index contributed by atoms with van der Waals surface area (Å²) in [6, 6.07) is 10.3. The van der Waals surface area contributed by atoms with Crippen LogP contribution in [0.1, 0.15) is 32.8 Å². The molecule has 116 valence electrons. The van der Waals surface area contributed by atoms with E-state index in [4.69, 9.17) is 4.74 Å². The van der Waals surface area contributed by atoms with Crippen LogP contribution in [0, 0.1) is 0 Å². The summed E-state index contributed by atoms with van der Waals surface area (Å²) in [6.07, 6.45) is 1.59. The molecule has 1 unspecified atom stereocenters. The standard InChI is InChI=1S/C17H26N2O2/c1-16(2,3)21-15(20)17(13-18-11-12-19-17)10-9-14-7-5-4-6-8-14/h4-8,18-19H,9-13H2,1-3H3. The van der Waals surface area contributed by atoms with E-state index in [-0.39, 0.29) is 5.97 Å². The Morgan fingerprint density at radius 2 is 1.95 bits per heavy atom. The Morgan fingerprint density at radius 1 is 1.24 bits per heavy atom. The summed E-state index contributed by atoms with van der Waals surface area (Å²) in [5.74, 6) is -0.155. The zero-order chi connectivity index (χ0) is 15.3. The molecule has 1 aromatic rings. The van der Waals surface area contributed by atoms with Gasteiger partial charge in [0, 0.05) is 19.6 Å². The normalized spacial score (nSPS) is 22.8.